The molecule has 0 saturated carbocycles. The number of rotatable bonds is 5. The summed E-state index contributed by atoms with van der Waals surface area (Å²) in [6.45, 7) is 1.85. The van der Waals surface area contributed by atoms with Crippen molar-refractivity contribution in [3.8, 4) is 17.2 Å². The number of pyridine rings is 1. The first-order chi connectivity index (χ1) is 16.1. The number of carbonyl (C=O) groups excluding carboxylic acids is 1. The fourth-order valence-corrected chi connectivity index (χ4v) is 3.68. The number of aromatic nitrogens is 4. The number of nitrogens with zero attached hydrogens (tertiary/aromatic N) is 5. The quantitative estimate of drug-likeness (QED) is 0.380. The Morgan fingerprint density at radius 3 is 2.45 bits per heavy atom. The van der Waals surface area contributed by atoms with Crippen molar-refractivity contribution in [3.05, 3.63) is 103 Å². The van der Waals surface area contributed by atoms with Gasteiger partial charge in [0.05, 0.1) is 11.4 Å². The highest BCUT2D eigenvalue weighted by molar-refractivity contribution is 6.05. The maximum absolute atomic E-state index is 13.2. The summed E-state index contributed by atoms with van der Waals surface area (Å²) < 4.78 is 7.53. The topological polar surface area (TPSA) is 73.1 Å². The molecule has 0 bridgehead atoms. The minimum absolute atomic E-state index is 0.239. The van der Waals surface area contributed by atoms with Crippen LogP contribution < -0.4 is 9.64 Å². The van der Waals surface area contributed by atoms with Crippen molar-refractivity contribution >= 4 is 22.4 Å². The van der Waals surface area contributed by atoms with Gasteiger partial charge in [0.25, 0.3) is 5.91 Å². The molecule has 162 valence electrons. The Hall–Kier alpha value is -4.52. The van der Waals surface area contributed by atoms with Gasteiger partial charge in [0, 0.05) is 35.9 Å². The van der Waals surface area contributed by atoms with Gasteiger partial charge in [-0.3, -0.25) is 9.78 Å². The number of anilines is 1. The molecule has 0 radical (unpaired) electrons. The molecule has 0 saturated heterocycles. The normalized spacial score (nSPS) is 10.8. The van der Waals surface area contributed by atoms with Crippen LogP contribution in [0.15, 0.2) is 91.3 Å². The molecule has 0 N–H and O–H groups in total. The van der Waals surface area contributed by atoms with Gasteiger partial charge in [0.15, 0.2) is 5.69 Å². The summed E-state index contributed by atoms with van der Waals surface area (Å²) in [7, 11) is 1.72. The number of benzene rings is 3. The first-order valence-corrected chi connectivity index (χ1v) is 10.5. The molecule has 0 atom stereocenters. The number of para-hydroxylation sites is 1. The average molecular weight is 435 g/mol. The van der Waals surface area contributed by atoms with E-state index in [4.69, 9.17) is 4.74 Å². The number of hydrogen-bond acceptors (Lipinski definition) is 5. The second-order valence-corrected chi connectivity index (χ2v) is 7.58. The number of ether oxygens (including phenoxy) is 1. The lowest BCUT2D eigenvalue weighted by Crippen LogP contribution is -2.27. The van der Waals surface area contributed by atoms with E-state index < -0.39 is 0 Å². The van der Waals surface area contributed by atoms with Crippen LogP contribution in [0.5, 0.6) is 11.5 Å². The number of fused-ring (bicyclic) bond motifs is 1. The van der Waals surface area contributed by atoms with E-state index in [2.05, 4.69) is 15.3 Å². The third-order valence-electron chi connectivity index (χ3n) is 5.49. The molecule has 7 nitrogen and oxygen atoms in total. The van der Waals surface area contributed by atoms with Crippen LogP contribution in [-0.4, -0.2) is 32.9 Å². The predicted octanol–water partition coefficient (Wildman–Crippen LogP) is 5.19. The molecule has 5 aromatic rings. The monoisotopic (exact) mass is 435 g/mol. The molecule has 2 aromatic heterocycles. The standard InChI is InChI=1S/C26H21N5O2/c1-18-25(28-29-31(18)24-10-6-7-19-17-27-16-15-23(19)24)26(32)30(2)20-11-13-22(14-12-20)33-21-8-4-3-5-9-21/h3-17H,1-2H3. The lowest BCUT2D eigenvalue weighted by Gasteiger charge is -2.17. The van der Waals surface area contributed by atoms with Crippen molar-refractivity contribution < 1.29 is 9.53 Å². The Morgan fingerprint density at radius 1 is 0.909 bits per heavy atom. The van der Waals surface area contributed by atoms with Gasteiger partial charge in [-0.25, -0.2) is 4.68 Å². The first-order valence-electron chi connectivity index (χ1n) is 10.5. The molecule has 0 aliphatic carbocycles. The van der Waals surface area contributed by atoms with Crippen molar-refractivity contribution in [1.29, 1.82) is 0 Å². The van der Waals surface area contributed by atoms with Gasteiger partial charge in [0.2, 0.25) is 0 Å². The minimum Gasteiger partial charge on any atom is -0.457 e. The van der Waals surface area contributed by atoms with E-state index in [-0.39, 0.29) is 5.91 Å². The molecule has 0 fully saturated rings. The zero-order chi connectivity index (χ0) is 22.8. The average Bonchev–Trinajstić information content (AvgIpc) is 3.25. The lowest BCUT2D eigenvalue weighted by molar-refractivity contribution is 0.0987. The summed E-state index contributed by atoms with van der Waals surface area (Å²) in [5.74, 6) is 1.21. The highest BCUT2D eigenvalue weighted by atomic mass is 16.5. The molecule has 0 spiro atoms. The zero-order valence-corrected chi connectivity index (χ0v) is 18.2. The second kappa shape index (κ2) is 8.55. The van der Waals surface area contributed by atoms with Crippen LogP contribution in [0, 0.1) is 6.92 Å². The Bertz CT molecular complexity index is 1420. The van der Waals surface area contributed by atoms with Crippen molar-refractivity contribution in [2.24, 2.45) is 0 Å². The van der Waals surface area contributed by atoms with Crippen LogP contribution in [-0.2, 0) is 0 Å². The highest BCUT2D eigenvalue weighted by Crippen LogP contribution is 2.26. The van der Waals surface area contributed by atoms with Crippen LogP contribution in [0.3, 0.4) is 0 Å². The Balaban J connectivity index is 1.39. The molecular formula is C26H21N5O2. The van der Waals surface area contributed by atoms with Crippen LogP contribution in [0.4, 0.5) is 5.69 Å². The van der Waals surface area contributed by atoms with E-state index in [0.29, 0.717) is 17.1 Å². The Labute approximate surface area is 190 Å². The van der Waals surface area contributed by atoms with Gasteiger partial charge in [-0.05, 0) is 55.5 Å². The number of amides is 1. The van der Waals surface area contributed by atoms with Gasteiger partial charge in [-0.15, -0.1) is 5.10 Å². The molecule has 33 heavy (non-hydrogen) atoms. The van der Waals surface area contributed by atoms with Crippen LogP contribution in [0.2, 0.25) is 0 Å². The van der Waals surface area contributed by atoms with E-state index in [1.165, 1.54) is 0 Å². The summed E-state index contributed by atoms with van der Waals surface area (Å²) in [6.07, 6.45) is 3.54. The van der Waals surface area contributed by atoms with Gasteiger partial charge in [-0.2, -0.15) is 0 Å². The fourth-order valence-electron chi connectivity index (χ4n) is 3.68. The third-order valence-corrected chi connectivity index (χ3v) is 5.49. The largest absolute Gasteiger partial charge is 0.457 e. The molecule has 3 aromatic carbocycles. The van der Waals surface area contributed by atoms with Gasteiger partial charge in [0.1, 0.15) is 11.5 Å². The smallest absolute Gasteiger partial charge is 0.280 e. The van der Waals surface area contributed by atoms with Crippen LogP contribution in [0.1, 0.15) is 16.2 Å². The summed E-state index contributed by atoms with van der Waals surface area (Å²) >= 11 is 0. The highest BCUT2D eigenvalue weighted by Gasteiger charge is 2.22. The minimum atomic E-state index is -0.239. The molecule has 1 amide bonds. The summed E-state index contributed by atoms with van der Waals surface area (Å²) in [4.78, 5) is 18.9. The molecule has 0 aliphatic rings. The molecule has 0 unspecified atom stereocenters. The first kappa shape index (κ1) is 20.4. The fraction of sp³-hybridized carbons (Fsp3) is 0.0769. The maximum Gasteiger partial charge on any atom is 0.280 e. The van der Waals surface area contributed by atoms with E-state index in [0.717, 1.165) is 27.9 Å². The summed E-state index contributed by atoms with van der Waals surface area (Å²) in [5.41, 5.74) is 2.54. The van der Waals surface area contributed by atoms with E-state index in [9.17, 15) is 4.79 Å². The molecular weight excluding hydrogens is 414 g/mol. The maximum atomic E-state index is 13.2. The molecule has 7 heteroatoms. The van der Waals surface area contributed by atoms with Gasteiger partial charge >= 0.3 is 0 Å². The zero-order valence-electron chi connectivity index (χ0n) is 18.2. The van der Waals surface area contributed by atoms with Crippen LogP contribution >= 0.6 is 0 Å². The summed E-state index contributed by atoms with van der Waals surface area (Å²) in [5, 5.41) is 10.5. The third kappa shape index (κ3) is 3.92. The molecule has 0 aliphatic heterocycles. The van der Waals surface area contributed by atoms with Gasteiger partial charge in [-0.1, -0.05) is 35.5 Å². The van der Waals surface area contributed by atoms with Crippen molar-refractivity contribution in [2.45, 2.75) is 6.92 Å². The molecule has 2 heterocycles. The van der Waals surface area contributed by atoms with Crippen LogP contribution in [0.25, 0.3) is 16.5 Å². The van der Waals surface area contributed by atoms with Crippen molar-refractivity contribution in [1.82, 2.24) is 20.0 Å². The number of carbonyl (C=O) groups is 1. The van der Waals surface area contributed by atoms with E-state index in [1.807, 2.05) is 85.8 Å². The van der Waals surface area contributed by atoms with Crippen molar-refractivity contribution in [2.75, 3.05) is 11.9 Å². The Morgan fingerprint density at radius 2 is 1.67 bits per heavy atom. The lowest BCUT2D eigenvalue weighted by atomic mass is 10.1. The molecule has 5 rings (SSSR count). The SMILES string of the molecule is Cc1c(C(=O)N(C)c2ccc(Oc3ccccc3)cc2)nnn1-c1cccc2cnccc12. The van der Waals surface area contributed by atoms with E-state index in [1.54, 1.807) is 29.0 Å². The number of hydrogen-bond donors (Lipinski definition) is 0. The van der Waals surface area contributed by atoms with E-state index >= 15 is 0 Å². The van der Waals surface area contributed by atoms with Gasteiger partial charge < -0.3 is 9.64 Å². The Kier molecular flexibility index (Phi) is 5.28. The second-order valence-electron chi connectivity index (χ2n) is 7.58. The predicted molar refractivity (Wildman–Crippen MR) is 127 cm³/mol. The summed E-state index contributed by atoms with van der Waals surface area (Å²) in [6, 6.07) is 24.7. The van der Waals surface area contributed by atoms with Crippen molar-refractivity contribution in [3.63, 3.8) is 0 Å².